The third-order valence-corrected chi connectivity index (χ3v) is 4.84. The van der Waals surface area contributed by atoms with Crippen molar-refractivity contribution >= 4 is 17.6 Å². The van der Waals surface area contributed by atoms with Gasteiger partial charge in [0.15, 0.2) is 0 Å². The van der Waals surface area contributed by atoms with Crippen LogP contribution in [0.4, 0.5) is 0 Å². The van der Waals surface area contributed by atoms with Gasteiger partial charge in [0.1, 0.15) is 0 Å². The van der Waals surface area contributed by atoms with E-state index in [1.807, 2.05) is 43.6 Å². The van der Waals surface area contributed by atoms with E-state index < -0.39 is 5.60 Å². The van der Waals surface area contributed by atoms with Crippen molar-refractivity contribution in [2.45, 2.75) is 37.5 Å². The number of thiocarbonyl (C=S) groups is 1. The van der Waals surface area contributed by atoms with Gasteiger partial charge >= 0.3 is 0 Å². The molecule has 1 aromatic heterocycles. The summed E-state index contributed by atoms with van der Waals surface area (Å²) in [7, 11) is 1.86. The van der Waals surface area contributed by atoms with Gasteiger partial charge in [-0.05, 0) is 24.3 Å². The summed E-state index contributed by atoms with van der Waals surface area (Å²) >= 11 is 5.07. The standard InChI is InChI=1S/C17H22N4OS/c1-13-10-17(22,14-6-4-3-5-7-14)11-16(21(13)8-9-23)15-12-20(2)19-18-15/h3-7,9,12-13,16,22H,8,10-11H2,1-2H3/t13-,16-,17-/m0/s1. The molecule has 0 radical (unpaired) electrons. The van der Waals surface area contributed by atoms with Crippen LogP contribution in [-0.2, 0) is 12.6 Å². The first-order valence-corrected chi connectivity index (χ1v) is 8.34. The average Bonchev–Trinajstić information content (AvgIpc) is 2.97. The van der Waals surface area contributed by atoms with Crippen molar-refractivity contribution in [1.29, 1.82) is 0 Å². The van der Waals surface area contributed by atoms with Gasteiger partial charge in [0.2, 0.25) is 0 Å². The van der Waals surface area contributed by atoms with Gasteiger partial charge in [0.05, 0.1) is 17.3 Å². The van der Waals surface area contributed by atoms with Crippen LogP contribution in [0.3, 0.4) is 0 Å². The monoisotopic (exact) mass is 330 g/mol. The maximum absolute atomic E-state index is 11.3. The molecule has 1 aliphatic heterocycles. The molecule has 1 N–H and O–H groups in total. The molecule has 0 saturated carbocycles. The highest BCUT2D eigenvalue weighted by Crippen LogP contribution is 2.44. The Morgan fingerprint density at radius 2 is 2.09 bits per heavy atom. The first-order chi connectivity index (χ1) is 11.0. The van der Waals surface area contributed by atoms with Crippen LogP contribution in [0.5, 0.6) is 0 Å². The Balaban J connectivity index is 1.97. The first-order valence-electron chi connectivity index (χ1n) is 7.87. The molecule has 1 aliphatic rings. The molecule has 0 unspecified atom stereocenters. The van der Waals surface area contributed by atoms with Crippen molar-refractivity contribution < 1.29 is 5.11 Å². The predicted octanol–water partition coefficient (Wildman–Crippen LogP) is 2.23. The predicted molar refractivity (Wildman–Crippen MR) is 93.1 cm³/mol. The zero-order valence-corrected chi connectivity index (χ0v) is 14.3. The second kappa shape index (κ2) is 6.47. The van der Waals surface area contributed by atoms with Crippen molar-refractivity contribution in [3.05, 3.63) is 47.8 Å². The van der Waals surface area contributed by atoms with Gasteiger partial charge in [-0.2, -0.15) is 0 Å². The number of aliphatic hydroxyl groups is 1. The summed E-state index contributed by atoms with van der Waals surface area (Å²) in [6, 6.07) is 10.1. The molecule has 1 saturated heterocycles. The fraction of sp³-hybridized carbons (Fsp3) is 0.471. The van der Waals surface area contributed by atoms with Gasteiger partial charge in [0.25, 0.3) is 0 Å². The quantitative estimate of drug-likeness (QED) is 0.871. The summed E-state index contributed by atoms with van der Waals surface area (Å²) in [6.07, 6.45) is 3.19. The summed E-state index contributed by atoms with van der Waals surface area (Å²) in [5, 5.41) is 21.4. The van der Waals surface area contributed by atoms with Crippen LogP contribution < -0.4 is 0 Å². The van der Waals surface area contributed by atoms with Gasteiger partial charge in [-0.1, -0.05) is 47.8 Å². The Morgan fingerprint density at radius 1 is 1.35 bits per heavy atom. The molecule has 1 fully saturated rings. The van der Waals surface area contributed by atoms with Crippen LogP contribution in [-0.4, -0.2) is 43.0 Å². The molecule has 2 heterocycles. The number of rotatable bonds is 4. The number of benzene rings is 1. The fourth-order valence-electron chi connectivity index (χ4n) is 3.60. The SMILES string of the molecule is C[C@H]1C[C@@](O)(c2ccccc2)C[C@@H](c2cn(C)nn2)N1CC=S. The third-order valence-electron chi connectivity index (χ3n) is 4.69. The Bertz CT molecular complexity index is 674. The Kier molecular flexibility index (Phi) is 4.57. The molecule has 6 heteroatoms. The van der Waals surface area contributed by atoms with Gasteiger partial charge in [-0.15, -0.1) is 5.10 Å². The molecule has 0 amide bonds. The number of piperidine rings is 1. The number of likely N-dealkylation sites (tertiary alicyclic amines) is 1. The Morgan fingerprint density at radius 3 is 2.70 bits per heavy atom. The number of aromatic nitrogens is 3. The lowest BCUT2D eigenvalue weighted by molar-refractivity contribution is -0.0725. The van der Waals surface area contributed by atoms with Crippen molar-refractivity contribution in [1.82, 2.24) is 19.9 Å². The molecule has 122 valence electrons. The Hall–Kier alpha value is -1.63. The van der Waals surface area contributed by atoms with E-state index in [9.17, 15) is 5.11 Å². The van der Waals surface area contributed by atoms with E-state index in [1.54, 1.807) is 10.0 Å². The second-order valence-corrected chi connectivity index (χ2v) is 6.68. The molecule has 0 bridgehead atoms. The van der Waals surface area contributed by atoms with Crippen molar-refractivity contribution in [3.63, 3.8) is 0 Å². The number of hydrogen-bond acceptors (Lipinski definition) is 5. The lowest BCUT2D eigenvalue weighted by atomic mass is 9.77. The molecule has 1 aromatic carbocycles. The number of nitrogens with zero attached hydrogens (tertiary/aromatic N) is 4. The van der Waals surface area contributed by atoms with E-state index in [1.165, 1.54) is 0 Å². The fourth-order valence-corrected chi connectivity index (χ4v) is 3.78. The first kappa shape index (κ1) is 16.2. The van der Waals surface area contributed by atoms with Crippen molar-refractivity contribution in [2.24, 2.45) is 7.05 Å². The highest BCUT2D eigenvalue weighted by molar-refractivity contribution is 7.79. The minimum Gasteiger partial charge on any atom is -0.385 e. The lowest BCUT2D eigenvalue weighted by Crippen LogP contribution is -2.50. The summed E-state index contributed by atoms with van der Waals surface area (Å²) in [5.41, 5.74) is 0.980. The summed E-state index contributed by atoms with van der Waals surface area (Å²) in [5.74, 6) is 0. The van der Waals surface area contributed by atoms with Crippen LogP contribution in [0.15, 0.2) is 36.5 Å². The maximum Gasteiger partial charge on any atom is 0.0999 e. The summed E-state index contributed by atoms with van der Waals surface area (Å²) < 4.78 is 1.70. The van der Waals surface area contributed by atoms with Crippen LogP contribution in [0.2, 0.25) is 0 Å². The normalized spacial score (nSPS) is 28.7. The number of hydrogen-bond donors (Lipinski definition) is 1. The third kappa shape index (κ3) is 3.20. The highest BCUT2D eigenvalue weighted by atomic mass is 32.1. The largest absolute Gasteiger partial charge is 0.385 e. The van der Waals surface area contributed by atoms with Crippen LogP contribution in [0, 0.1) is 0 Å². The summed E-state index contributed by atoms with van der Waals surface area (Å²) in [6.45, 7) is 2.83. The lowest BCUT2D eigenvalue weighted by Gasteiger charge is -2.47. The Labute approximate surface area is 141 Å². The average molecular weight is 330 g/mol. The van der Waals surface area contributed by atoms with Gasteiger partial charge in [-0.25, -0.2) is 0 Å². The summed E-state index contributed by atoms with van der Waals surface area (Å²) in [4.78, 5) is 2.30. The zero-order chi connectivity index (χ0) is 16.4. The van der Waals surface area contributed by atoms with Crippen molar-refractivity contribution in [2.75, 3.05) is 6.54 Å². The molecule has 0 spiro atoms. The minimum absolute atomic E-state index is 0.00291. The van der Waals surface area contributed by atoms with E-state index in [0.29, 0.717) is 19.4 Å². The molecular formula is C17H22N4OS. The van der Waals surface area contributed by atoms with Gasteiger partial charge < -0.3 is 5.11 Å². The van der Waals surface area contributed by atoms with E-state index in [4.69, 9.17) is 12.2 Å². The number of aryl methyl sites for hydroxylation is 1. The molecule has 0 aliphatic carbocycles. The van der Waals surface area contributed by atoms with Crippen LogP contribution in [0.1, 0.15) is 37.1 Å². The molecule has 23 heavy (non-hydrogen) atoms. The maximum atomic E-state index is 11.3. The second-order valence-electron chi connectivity index (χ2n) is 6.35. The minimum atomic E-state index is -0.860. The van der Waals surface area contributed by atoms with Gasteiger partial charge in [0, 0.05) is 32.3 Å². The molecular weight excluding hydrogens is 308 g/mol. The van der Waals surface area contributed by atoms with Gasteiger partial charge in [-0.3, -0.25) is 9.58 Å². The van der Waals surface area contributed by atoms with E-state index in [-0.39, 0.29) is 12.1 Å². The van der Waals surface area contributed by atoms with E-state index in [0.717, 1.165) is 11.3 Å². The van der Waals surface area contributed by atoms with Crippen LogP contribution in [0.25, 0.3) is 0 Å². The molecule has 3 atom stereocenters. The van der Waals surface area contributed by atoms with E-state index in [2.05, 4.69) is 22.1 Å². The van der Waals surface area contributed by atoms with E-state index >= 15 is 0 Å². The smallest absolute Gasteiger partial charge is 0.0999 e. The van der Waals surface area contributed by atoms with Crippen LogP contribution >= 0.6 is 12.2 Å². The molecule has 3 rings (SSSR count). The van der Waals surface area contributed by atoms with Crippen molar-refractivity contribution in [3.8, 4) is 0 Å². The molecule has 2 aromatic rings. The molecule has 5 nitrogen and oxygen atoms in total. The zero-order valence-electron chi connectivity index (χ0n) is 13.5. The highest BCUT2D eigenvalue weighted by Gasteiger charge is 2.44. The topological polar surface area (TPSA) is 54.2 Å².